The van der Waals surface area contributed by atoms with Gasteiger partial charge in [-0.2, -0.15) is 0 Å². The minimum atomic E-state index is 0.0622. The van der Waals surface area contributed by atoms with Gasteiger partial charge in [0.15, 0.2) is 0 Å². The third kappa shape index (κ3) is 1.93. The SMILES string of the molecule is OCC1(NC2CC2)CCN2CCCC2C1. The van der Waals surface area contributed by atoms with Crippen molar-refractivity contribution < 1.29 is 5.11 Å². The molecule has 0 spiro atoms. The van der Waals surface area contributed by atoms with Gasteiger partial charge in [0, 0.05) is 24.2 Å². The van der Waals surface area contributed by atoms with Crippen molar-refractivity contribution >= 4 is 0 Å². The first-order chi connectivity index (χ1) is 7.31. The smallest absolute Gasteiger partial charge is 0.0614 e. The normalized spacial score (nSPS) is 41.8. The van der Waals surface area contributed by atoms with Crippen molar-refractivity contribution in [2.75, 3.05) is 19.7 Å². The summed E-state index contributed by atoms with van der Waals surface area (Å²) in [5.74, 6) is 0. The molecule has 2 saturated heterocycles. The van der Waals surface area contributed by atoms with Crippen LogP contribution in [0.3, 0.4) is 0 Å². The molecule has 3 rings (SSSR count). The first kappa shape index (κ1) is 10.1. The molecule has 0 aromatic rings. The van der Waals surface area contributed by atoms with Crippen LogP contribution in [0.25, 0.3) is 0 Å². The summed E-state index contributed by atoms with van der Waals surface area (Å²) in [6.45, 7) is 2.80. The maximum Gasteiger partial charge on any atom is 0.0614 e. The van der Waals surface area contributed by atoms with E-state index in [4.69, 9.17) is 0 Å². The van der Waals surface area contributed by atoms with E-state index >= 15 is 0 Å². The predicted octanol–water partition coefficient (Wildman–Crippen LogP) is 0.728. The summed E-state index contributed by atoms with van der Waals surface area (Å²) < 4.78 is 0. The average molecular weight is 210 g/mol. The summed E-state index contributed by atoms with van der Waals surface area (Å²) in [6, 6.07) is 1.46. The molecule has 15 heavy (non-hydrogen) atoms. The third-order valence-electron chi connectivity index (χ3n) is 4.39. The summed E-state index contributed by atoms with van der Waals surface area (Å²) in [5.41, 5.74) is 0.0622. The molecule has 2 aliphatic heterocycles. The highest BCUT2D eigenvalue weighted by atomic mass is 16.3. The van der Waals surface area contributed by atoms with Gasteiger partial charge in [-0.05, 0) is 45.1 Å². The molecule has 2 heterocycles. The number of nitrogens with one attached hydrogen (secondary N) is 1. The summed E-state index contributed by atoms with van der Waals surface area (Å²) in [6.07, 6.45) is 7.63. The van der Waals surface area contributed by atoms with Gasteiger partial charge in [-0.1, -0.05) is 0 Å². The molecule has 2 N–H and O–H groups in total. The zero-order valence-corrected chi connectivity index (χ0v) is 9.41. The first-order valence-corrected chi connectivity index (χ1v) is 6.44. The average Bonchev–Trinajstić information content (AvgIpc) is 2.94. The molecular formula is C12H22N2O. The van der Waals surface area contributed by atoms with E-state index in [-0.39, 0.29) is 5.54 Å². The number of aliphatic hydroxyl groups excluding tert-OH is 1. The Morgan fingerprint density at radius 2 is 2.13 bits per heavy atom. The van der Waals surface area contributed by atoms with E-state index in [1.54, 1.807) is 0 Å². The van der Waals surface area contributed by atoms with Gasteiger partial charge in [0.05, 0.1) is 6.61 Å². The fourth-order valence-electron chi connectivity index (χ4n) is 3.31. The van der Waals surface area contributed by atoms with Gasteiger partial charge >= 0.3 is 0 Å². The fraction of sp³-hybridized carbons (Fsp3) is 1.00. The molecule has 0 amide bonds. The fourth-order valence-corrected chi connectivity index (χ4v) is 3.31. The Morgan fingerprint density at radius 3 is 2.87 bits per heavy atom. The maximum atomic E-state index is 9.66. The Balaban J connectivity index is 1.67. The van der Waals surface area contributed by atoms with Crippen LogP contribution in [-0.4, -0.2) is 47.3 Å². The van der Waals surface area contributed by atoms with Crippen LogP contribution in [-0.2, 0) is 0 Å². The first-order valence-electron chi connectivity index (χ1n) is 6.44. The highest BCUT2D eigenvalue weighted by Crippen LogP contribution is 2.35. The van der Waals surface area contributed by atoms with Crippen molar-refractivity contribution in [3.8, 4) is 0 Å². The lowest BCUT2D eigenvalue weighted by atomic mass is 9.83. The number of nitrogens with zero attached hydrogens (tertiary/aromatic N) is 1. The van der Waals surface area contributed by atoms with Crippen LogP contribution in [0, 0.1) is 0 Å². The molecule has 3 fully saturated rings. The summed E-state index contributed by atoms with van der Waals surface area (Å²) in [5, 5.41) is 13.3. The summed E-state index contributed by atoms with van der Waals surface area (Å²) >= 11 is 0. The van der Waals surface area contributed by atoms with Crippen LogP contribution >= 0.6 is 0 Å². The van der Waals surface area contributed by atoms with Gasteiger partial charge < -0.3 is 15.3 Å². The van der Waals surface area contributed by atoms with E-state index in [1.165, 1.54) is 45.2 Å². The van der Waals surface area contributed by atoms with Crippen LogP contribution in [0.4, 0.5) is 0 Å². The Bertz CT molecular complexity index is 242. The van der Waals surface area contributed by atoms with E-state index in [0.29, 0.717) is 12.6 Å². The van der Waals surface area contributed by atoms with Gasteiger partial charge in [-0.25, -0.2) is 0 Å². The number of aliphatic hydroxyl groups is 1. The Morgan fingerprint density at radius 1 is 1.27 bits per heavy atom. The zero-order chi connectivity index (χ0) is 10.3. The number of piperidine rings is 1. The molecule has 0 bridgehead atoms. The maximum absolute atomic E-state index is 9.66. The highest BCUT2D eigenvalue weighted by molar-refractivity contribution is 5.02. The van der Waals surface area contributed by atoms with Crippen molar-refractivity contribution in [2.24, 2.45) is 0 Å². The topological polar surface area (TPSA) is 35.5 Å². The number of hydrogen-bond acceptors (Lipinski definition) is 3. The van der Waals surface area contributed by atoms with E-state index in [9.17, 15) is 5.11 Å². The van der Waals surface area contributed by atoms with Crippen LogP contribution in [0.5, 0.6) is 0 Å². The third-order valence-corrected chi connectivity index (χ3v) is 4.39. The van der Waals surface area contributed by atoms with Crippen molar-refractivity contribution in [3.05, 3.63) is 0 Å². The van der Waals surface area contributed by atoms with Crippen molar-refractivity contribution in [3.63, 3.8) is 0 Å². The standard InChI is InChI=1S/C12H22N2O/c15-9-12(13-10-3-4-10)5-7-14-6-1-2-11(14)8-12/h10-11,13,15H,1-9H2. The van der Waals surface area contributed by atoms with Gasteiger partial charge in [0.1, 0.15) is 0 Å². The van der Waals surface area contributed by atoms with Gasteiger partial charge in [0.25, 0.3) is 0 Å². The van der Waals surface area contributed by atoms with Crippen LogP contribution in [0.2, 0.25) is 0 Å². The lowest BCUT2D eigenvalue weighted by Crippen LogP contribution is -2.58. The van der Waals surface area contributed by atoms with E-state index < -0.39 is 0 Å². The van der Waals surface area contributed by atoms with Gasteiger partial charge in [-0.15, -0.1) is 0 Å². The largest absolute Gasteiger partial charge is 0.394 e. The van der Waals surface area contributed by atoms with Crippen molar-refractivity contribution in [1.82, 2.24) is 10.2 Å². The van der Waals surface area contributed by atoms with E-state index in [1.807, 2.05) is 0 Å². The van der Waals surface area contributed by atoms with E-state index in [0.717, 1.165) is 12.5 Å². The van der Waals surface area contributed by atoms with E-state index in [2.05, 4.69) is 10.2 Å². The molecule has 0 aromatic carbocycles. The quantitative estimate of drug-likeness (QED) is 0.721. The highest BCUT2D eigenvalue weighted by Gasteiger charge is 2.43. The molecule has 3 heteroatoms. The Kier molecular flexibility index (Phi) is 2.49. The monoisotopic (exact) mass is 210 g/mol. The molecule has 0 aromatic heterocycles. The summed E-state index contributed by atoms with van der Waals surface area (Å²) in [7, 11) is 0. The second kappa shape index (κ2) is 3.72. The molecule has 3 nitrogen and oxygen atoms in total. The van der Waals surface area contributed by atoms with Gasteiger partial charge in [-0.3, -0.25) is 0 Å². The van der Waals surface area contributed by atoms with Crippen LogP contribution in [0.1, 0.15) is 38.5 Å². The minimum Gasteiger partial charge on any atom is -0.394 e. The summed E-state index contributed by atoms with van der Waals surface area (Å²) in [4.78, 5) is 2.61. The molecule has 1 saturated carbocycles. The number of fused-ring (bicyclic) bond motifs is 1. The zero-order valence-electron chi connectivity index (χ0n) is 9.41. The lowest BCUT2D eigenvalue weighted by molar-refractivity contribution is 0.0577. The second-order valence-corrected chi connectivity index (χ2v) is 5.64. The van der Waals surface area contributed by atoms with Crippen LogP contribution < -0.4 is 5.32 Å². The molecule has 2 atom stereocenters. The Hall–Kier alpha value is -0.120. The van der Waals surface area contributed by atoms with Crippen LogP contribution in [0.15, 0.2) is 0 Å². The second-order valence-electron chi connectivity index (χ2n) is 5.64. The predicted molar refractivity (Wildman–Crippen MR) is 59.8 cm³/mol. The Labute approximate surface area is 91.8 Å². The van der Waals surface area contributed by atoms with Gasteiger partial charge in [0.2, 0.25) is 0 Å². The number of rotatable bonds is 3. The van der Waals surface area contributed by atoms with Crippen molar-refractivity contribution in [2.45, 2.75) is 56.1 Å². The molecule has 3 aliphatic rings. The molecule has 1 aliphatic carbocycles. The molecular weight excluding hydrogens is 188 g/mol. The lowest BCUT2D eigenvalue weighted by Gasteiger charge is -2.44. The van der Waals surface area contributed by atoms with Crippen molar-refractivity contribution in [1.29, 1.82) is 0 Å². The molecule has 86 valence electrons. The minimum absolute atomic E-state index is 0.0622. The molecule has 0 radical (unpaired) electrons. The molecule has 2 unspecified atom stereocenters. The number of hydrogen-bond donors (Lipinski definition) is 2.